The summed E-state index contributed by atoms with van der Waals surface area (Å²) in [5.41, 5.74) is 4.34. The standard InChI is InChI=1S/C21H17ClN2O2S/c1-25-16-5-2-13(3-6-16)18-11-19-17-10-15(22)4-7-20(17)26-21(24(19)23-18)14-8-9-27-12-14/h2-10,12,19,21H,11H2,1H3/t19-,21-/m1/s1. The van der Waals surface area contributed by atoms with Crippen LogP contribution in [-0.4, -0.2) is 17.8 Å². The fraction of sp³-hybridized carbons (Fsp3) is 0.190. The summed E-state index contributed by atoms with van der Waals surface area (Å²) in [5, 5.41) is 11.9. The van der Waals surface area contributed by atoms with E-state index in [1.54, 1.807) is 18.4 Å². The second-order valence-electron chi connectivity index (χ2n) is 6.58. The summed E-state index contributed by atoms with van der Waals surface area (Å²) in [6.45, 7) is 0. The minimum Gasteiger partial charge on any atom is -0.497 e. The molecule has 0 saturated carbocycles. The summed E-state index contributed by atoms with van der Waals surface area (Å²) in [7, 11) is 1.67. The van der Waals surface area contributed by atoms with Crippen LogP contribution in [0.4, 0.5) is 0 Å². The first-order valence-electron chi connectivity index (χ1n) is 8.71. The van der Waals surface area contributed by atoms with E-state index in [4.69, 9.17) is 26.2 Å². The summed E-state index contributed by atoms with van der Waals surface area (Å²) >= 11 is 7.93. The van der Waals surface area contributed by atoms with Gasteiger partial charge in [-0.15, -0.1) is 0 Å². The van der Waals surface area contributed by atoms with Gasteiger partial charge >= 0.3 is 0 Å². The van der Waals surface area contributed by atoms with E-state index in [9.17, 15) is 0 Å². The number of methoxy groups -OCH3 is 1. The number of thiophene rings is 1. The fourth-order valence-corrected chi connectivity index (χ4v) is 4.50. The Kier molecular flexibility index (Phi) is 4.06. The molecule has 0 aliphatic carbocycles. The Morgan fingerprint density at radius 1 is 1.19 bits per heavy atom. The third-order valence-electron chi connectivity index (χ3n) is 5.00. The van der Waals surface area contributed by atoms with Crippen molar-refractivity contribution in [2.45, 2.75) is 18.7 Å². The van der Waals surface area contributed by atoms with Gasteiger partial charge in [0.15, 0.2) is 0 Å². The molecular weight excluding hydrogens is 380 g/mol. The molecule has 6 heteroatoms. The predicted octanol–water partition coefficient (Wildman–Crippen LogP) is 5.65. The Morgan fingerprint density at radius 3 is 2.78 bits per heavy atom. The van der Waals surface area contributed by atoms with E-state index in [-0.39, 0.29) is 12.3 Å². The van der Waals surface area contributed by atoms with Crippen molar-refractivity contribution in [1.29, 1.82) is 0 Å². The molecule has 0 amide bonds. The Hall–Kier alpha value is -2.50. The molecule has 2 aliphatic rings. The molecule has 1 aromatic heterocycles. The molecule has 0 spiro atoms. The number of hydrogen-bond acceptors (Lipinski definition) is 5. The number of nitrogens with zero attached hydrogens (tertiary/aromatic N) is 2. The molecule has 0 bridgehead atoms. The maximum atomic E-state index is 6.31. The lowest BCUT2D eigenvalue weighted by Gasteiger charge is -2.37. The average Bonchev–Trinajstić information content (AvgIpc) is 3.38. The van der Waals surface area contributed by atoms with Crippen LogP contribution in [0.3, 0.4) is 0 Å². The van der Waals surface area contributed by atoms with Gasteiger partial charge in [-0.25, -0.2) is 5.01 Å². The lowest BCUT2D eigenvalue weighted by atomic mass is 9.96. The highest BCUT2D eigenvalue weighted by Gasteiger charge is 2.41. The van der Waals surface area contributed by atoms with Gasteiger partial charge in [0.2, 0.25) is 6.23 Å². The Morgan fingerprint density at radius 2 is 2.04 bits per heavy atom. The SMILES string of the molecule is COc1ccc(C2=NN3[C@H](C2)c2cc(Cl)ccc2O[C@@H]3c2ccsc2)cc1. The molecule has 136 valence electrons. The van der Waals surface area contributed by atoms with Crippen LogP contribution in [0.2, 0.25) is 5.02 Å². The molecule has 0 radical (unpaired) electrons. The van der Waals surface area contributed by atoms with Crippen LogP contribution >= 0.6 is 22.9 Å². The summed E-state index contributed by atoms with van der Waals surface area (Å²) in [6.07, 6.45) is 0.578. The van der Waals surface area contributed by atoms with E-state index in [1.807, 2.05) is 30.3 Å². The average molecular weight is 397 g/mol. The summed E-state index contributed by atoms with van der Waals surface area (Å²) in [6, 6.07) is 16.1. The van der Waals surface area contributed by atoms with Gasteiger partial charge in [-0.3, -0.25) is 0 Å². The van der Waals surface area contributed by atoms with Gasteiger partial charge in [0, 0.05) is 22.6 Å². The highest BCUT2D eigenvalue weighted by Crippen LogP contribution is 2.48. The van der Waals surface area contributed by atoms with Crippen LogP contribution in [0.1, 0.15) is 35.4 Å². The van der Waals surface area contributed by atoms with Gasteiger partial charge in [-0.1, -0.05) is 11.6 Å². The Balaban J connectivity index is 1.57. The molecular formula is C21H17ClN2O2S. The van der Waals surface area contributed by atoms with Gasteiger partial charge in [-0.05, 0) is 64.9 Å². The monoisotopic (exact) mass is 396 g/mol. The summed E-state index contributed by atoms with van der Waals surface area (Å²) < 4.78 is 11.6. The lowest BCUT2D eigenvalue weighted by Crippen LogP contribution is -2.33. The molecule has 4 nitrogen and oxygen atoms in total. The second kappa shape index (κ2) is 6.59. The molecule has 3 heterocycles. The predicted molar refractivity (Wildman–Crippen MR) is 108 cm³/mol. The minimum atomic E-state index is -0.231. The first-order valence-corrected chi connectivity index (χ1v) is 10.0. The van der Waals surface area contributed by atoms with Gasteiger partial charge in [0.1, 0.15) is 11.5 Å². The van der Waals surface area contributed by atoms with Gasteiger partial charge < -0.3 is 9.47 Å². The van der Waals surface area contributed by atoms with Crippen molar-refractivity contribution < 1.29 is 9.47 Å². The van der Waals surface area contributed by atoms with Crippen molar-refractivity contribution in [3.63, 3.8) is 0 Å². The van der Waals surface area contributed by atoms with Crippen molar-refractivity contribution in [3.05, 3.63) is 81.0 Å². The summed E-state index contributed by atoms with van der Waals surface area (Å²) in [5.74, 6) is 1.72. The quantitative estimate of drug-likeness (QED) is 0.573. The van der Waals surface area contributed by atoms with Gasteiger partial charge in [0.05, 0.1) is 18.9 Å². The second-order valence-corrected chi connectivity index (χ2v) is 7.80. The molecule has 27 heavy (non-hydrogen) atoms. The number of rotatable bonds is 3. The zero-order valence-electron chi connectivity index (χ0n) is 14.6. The van der Waals surface area contributed by atoms with Crippen LogP contribution in [-0.2, 0) is 0 Å². The first-order chi connectivity index (χ1) is 13.2. The number of benzene rings is 2. The molecule has 0 unspecified atom stereocenters. The molecule has 2 aliphatic heterocycles. The van der Waals surface area contributed by atoms with Crippen LogP contribution < -0.4 is 9.47 Å². The zero-order valence-corrected chi connectivity index (χ0v) is 16.2. The van der Waals surface area contributed by atoms with Crippen molar-refractivity contribution in [1.82, 2.24) is 5.01 Å². The van der Waals surface area contributed by atoms with E-state index in [2.05, 4.69) is 34.0 Å². The van der Waals surface area contributed by atoms with E-state index in [0.29, 0.717) is 5.02 Å². The number of fused-ring (bicyclic) bond motifs is 3. The number of halogens is 1. The van der Waals surface area contributed by atoms with Gasteiger partial charge in [0.25, 0.3) is 0 Å². The highest BCUT2D eigenvalue weighted by atomic mass is 35.5. The lowest BCUT2D eigenvalue weighted by molar-refractivity contribution is -0.0187. The first kappa shape index (κ1) is 16.7. The topological polar surface area (TPSA) is 34.1 Å². The van der Waals surface area contributed by atoms with E-state index < -0.39 is 0 Å². The minimum absolute atomic E-state index is 0.106. The van der Waals surface area contributed by atoms with Crippen LogP contribution in [0.25, 0.3) is 0 Å². The molecule has 3 aromatic rings. The van der Waals surface area contributed by atoms with E-state index in [0.717, 1.165) is 40.3 Å². The number of hydrogen-bond donors (Lipinski definition) is 0. The molecule has 0 fully saturated rings. The van der Waals surface area contributed by atoms with E-state index >= 15 is 0 Å². The van der Waals surface area contributed by atoms with E-state index in [1.165, 1.54) is 0 Å². The van der Waals surface area contributed by atoms with Crippen LogP contribution in [0.5, 0.6) is 11.5 Å². The third-order valence-corrected chi connectivity index (χ3v) is 5.94. The molecule has 0 N–H and O–H groups in total. The number of hydrazone groups is 1. The smallest absolute Gasteiger partial charge is 0.214 e. The zero-order chi connectivity index (χ0) is 18.4. The number of ether oxygens (including phenoxy) is 2. The van der Waals surface area contributed by atoms with Crippen molar-refractivity contribution in [3.8, 4) is 11.5 Å². The van der Waals surface area contributed by atoms with Crippen LogP contribution in [0.15, 0.2) is 64.4 Å². The van der Waals surface area contributed by atoms with Crippen molar-refractivity contribution in [2.75, 3.05) is 7.11 Å². The third kappa shape index (κ3) is 2.87. The summed E-state index contributed by atoms with van der Waals surface area (Å²) in [4.78, 5) is 0. The Bertz CT molecular complexity index is 1000. The van der Waals surface area contributed by atoms with Crippen LogP contribution in [0, 0.1) is 0 Å². The highest BCUT2D eigenvalue weighted by molar-refractivity contribution is 7.07. The van der Waals surface area contributed by atoms with Gasteiger partial charge in [-0.2, -0.15) is 16.4 Å². The molecule has 2 aromatic carbocycles. The Labute approximate surface area is 166 Å². The molecule has 2 atom stereocenters. The van der Waals surface area contributed by atoms with Crippen molar-refractivity contribution >= 4 is 28.6 Å². The fourth-order valence-electron chi connectivity index (χ4n) is 3.65. The largest absolute Gasteiger partial charge is 0.497 e. The normalized spacial score (nSPS) is 20.5. The molecule has 0 saturated heterocycles. The molecule has 5 rings (SSSR count). The maximum Gasteiger partial charge on any atom is 0.214 e. The maximum absolute atomic E-state index is 6.31. The van der Waals surface area contributed by atoms with Crippen molar-refractivity contribution in [2.24, 2.45) is 5.10 Å².